The molecule has 0 amide bonds. The smallest absolute Gasteiger partial charge is 0.245 e. The van der Waals surface area contributed by atoms with E-state index in [1.807, 2.05) is 0 Å². The Morgan fingerprint density at radius 1 is 1.06 bits per heavy atom. The molecule has 5 nitrogen and oxygen atoms in total. The predicted molar refractivity (Wildman–Crippen MR) is 68.8 cm³/mol. The first kappa shape index (κ1) is 12.8. The van der Waals surface area contributed by atoms with Crippen molar-refractivity contribution in [2.24, 2.45) is 0 Å². The van der Waals surface area contributed by atoms with Crippen molar-refractivity contribution in [3.63, 3.8) is 0 Å². The van der Waals surface area contributed by atoms with E-state index < -0.39 is 0 Å². The van der Waals surface area contributed by atoms with Crippen molar-refractivity contribution in [3.8, 4) is 0 Å². The highest BCUT2D eigenvalue weighted by atomic mass is 35.5. The zero-order chi connectivity index (χ0) is 12.4. The van der Waals surface area contributed by atoms with Crippen molar-refractivity contribution < 1.29 is 0 Å². The second-order valence-corrected chi connectivity index (χ2v) is 5.01. The highest BCUT2D eigenvalue weighted by Gasteiger charge is 2.22. The number of nitrogens with zero attached hydrogens (tertiary/aromatic N) is 5. The van der Waals surface area contributed by atoms with Crippen LogP contribution in [0.25, 0.3) is 0 Å². The number of halogens is 2. The first-order chi connectivity index (χ1) is 8.08. The molecule has 0 atom stereocenters. The number of rotatable bonds is 2. The predicted octanol–water partition coefficient (Wildman–Crippen LogP) is 1.71. The average molecular weight is 276 g/mol. The highest BCUT2D eigenvalue weighted by Crippen LogP contribution is 2.22. The molecule has 1 aliphatic rings. The Balaban J connectivity index is 2.07. The Hall–Kier alpha value is -0.650. The summed E-state index contributed by atoms with van der Waals surface area (Å²) in [6, 6.07) is 0.569. The summed E-state index contributed by atoms with van der Waals surface area (Å²) in [5.41, 5.74) is 0. The van der Waals surface area contributed by atoms with Gasteiger partial charge in [0.15, 0.2) is 11.0 Å². The maximum atomic E-state index is 5.98. The van der Waals surface area contributed by atoms with Crippen LogP contribution in [0.3, 0.4) is 0 Å². The lowest BCUT2D eigenvalue weighted by atomic mass is 10.2. The van der Waals surface area contributed by atoms with Crippen LogP contribution in [-0.4, -0.2) is 52.3 Å². The zero-order valence-corrected chi connectivity index (χ0v) is 11.4. The third-order valence-electron chi connectivity index (χ3n) is 2.95. The summed E-state index contributed by atoms with van der Waals surface area (Å²) in [6.45, 7) is 8.16. The Labute approximate surface area is 111 Å². The van der Waals surface area contributed by atoms with Crippen LogP contribution in [0.1, 0.15) is 13.8 Å². The van der Waals surface area contributed by atoms with Crippen LogP contribution < -0.4 is 4.90 Å². The molecule has 2 heterocycles. The first-order valence-electron chi connectivity index (χ1n) is 5.62. The van der Waals surface area contributed by atoms with E-state index in [0.29, 0.717) is 17.0 Å². The van der Waals surface area contributed by atoms with Crippen LogP contribution in [0.5, 0.6) is 0 Å². The second kappa shape index (κ2) is 5.33. The van der Waals surface area contributed by atoms with Gasteiger partial charge in [-0.25, -0.2) is 0 Å². The lowest BCUT2D eigenvalue weighted by Crippen LogP contribution is -2.49. The van der Waals surface area contributed by atoms with Gasteiger partial charge in [-0.2, -0.15) is 4.98 Å². The molecule has 0 N–H and O–H groups in total. The van der Waals surface area contributed by atoms with E-state index in [9.17, 15) is 0 Å². The van der Waals surface area contributed by atoms with Crippen molar-refractivity contribution in [1.82, 2.24) is 20.1 Å². The van der Waals surface area contributed by atoms with Crippen LogP contribution in [0.4, 0.5) is 5.82 Å². The zero-order valence-electron chi connectivity index (χ0n) is 9.90. The van der Waals surface area contributed by atoms with Gasteiger partial charge in [-0.1, -0.05) is 11.6 Å². The van der Waals surface area contributed by atoms with E-state index >= 15 is 0 Å². The summed E-state index contributed by atoms with van der Waals surface area (Å²) in [7, 11) is 0. The van der Waals surface area contributed by atoms with Gasteiger partial charge in [-0.15, -0.1) is 10.2 Å². The third kappa shape index (κ3) is 2.97. The van der Waals surface area contributed by atoms with Crippen molar-refractivity contribution in [3.05, 3.63) is 10.4 Å². The van der Waals surface area contributed by atoms with E-state index in [1.165, 1.54) is 0 Å². The SMILES string of the molecule is CC(C)N1CCN(c2nc(Cl)nnc2Cl)CC1. The first-order valence-corrected chi connectivity index (χ1v) is 6.38. The number of anilines is 1. The maximum absolute atomic E-state index is 5.98. The minimum Gasteiger partial charge on any atom is -0.351 e. The molecule has 7 heteroatoms. The van der Waals surface area contributed by atoms with Gasteiger partial charge >= 0.3 is 0 Å². The Morgan fingerprint density at radius 3 is 2.29 bits per heavy atom. The number of hydrogen-bond donors (Lipinski definition) is 0. The number of piperazine rings is 1. The summed E-state index contributed by atoms with van der Waals surface area (Å²) in [5.74, 6) is 0.634. The minimum atomic E-state index is 0.135. The van der Waals surface area contributed by atoms with Gasteiger partial charge in [0.2, 0.25) is 5.28 Å². The summed E-state index contributed by atoms with van der Waals surface area (Å²) >= 11 is 11.7. The highest BCUT2D eigenvalue weighted by molar-refractivity contribution is 6.32. The number of hydrogen-bond acceptors (Lipinski definition) is 5. The standard InChI is InChI=1S/C10H15Cl2N5/c1-7(2)16-3-5-17(6-4-16)9-8(11)14-15-10(12)13-9/h7H,3-6H2,1-2H3. The van der Waals surface area contributed by atoms with Crippen LogP contribution in [-0.2, 0) is 0 Å². The summed E-state index contributed by atoms with van der Waals surface area (Å²) in [4.78, 5) is 8.65. The minimum absolute atomic E-state index is 0.135. The van der Waals surface area contributed by atoms with Crippen LogP contribution in [0.2, 0.25) is 10.4 Å². The monoisotopic (exact) mass is 275 g/mol. The Morgan fingerprint density at radius 2 is 1.71 bits per heavy atom. The van der Waals surface area contributed by atoms with Crippen LogP contribution in [0, 0.1) is 0 Å². The molecule has 1 aliphatic heterocycles. The molecule has 0 bridgehead atoms. The molecular formula is C10H15Cl2N5. The number of aromatic nitrogens is 3. The Kier molecular flexibility index (Phi) is 4.01. The van der Waals surface area contributed by atoms with Gasteiger partial charge in [-0.05, 0) is 25.4 Å². The van der Waals surface area contributed by atoms with Gasteiger partial charge in [-0.3, -0.25) is 4.90 Å². The van der Waals surface area contributed by atoms with Gasteiger partial charge < -0.3 is 4.90 Å². The molecule has 0 unspecified atom stereocenters. The van der Waals surface area contributed by atoms with Gasteiger partial charge in [0.25, 0.3) is 0 Å². The molecule has 0 spiro atoms. The molecular weight excluding hydrogens is 261 g/mol. The molecule has 1 aromatic heterocycles. The van der Waals surface area contributed by atoms with Crippen molar-refractivity contribution in [1.29, 1.82) is 0 Å². The van der Waals surface area contributed by atoms with Gasteiger partial charge in [0, 0.05) is 32.2 Å². The molecule has 94 valence electrons. The van der Waals surface area contributed by atoms with Crippen molar-refractivity contribution in [2.45, 2.75) is 19.9 Å². The molecule has 2 rings (SSSR count). The third-order valence-corrected chi connectivity index (χ3v) is 3.35. The largest absolute Gasteiger partial charge is 0.351 e. The molecule has 17 heavy (non-hydrogen) atoms. The molecule has 0 radical (unpaired) electrons. The Bertz CT molecular complexity index is 390. The quantitative estimate of drug-likeness (QED) is 0.822. The van der Waals surface area contributed by atoms with E-state index in [0.717, 1.165) is 26.2 Å². The normalized spacial score (nSPS) is 17.8. The molecule has 1 aromatic rings. The average Bonchev–Trinajstić information content (AvgIpc) is 2.32. The van der Waals surface area contributed by atoms with E-state index in [-0.39, 0.29) is 5.28 Å². The van der Waals surface area contributed by atoms with Gasteiger partial charge in [0.1, 0.15) is 0 Å². The van der Waals surface area contributed by atoms with E-state index in [2.05, 4.69) is 38.8 Å². The summed E-state index contributed by atoms with van der Waals surface area (Å²) in [6.07, 6.45) is 0. The van der Waals surface area contributed by atoms with Crippen LogP contribution in [0.15, 0.2) is 0 Å². The van der Waals surface area contributed by atoms with E-state index in [4.69, 9.17) is 23.2 Å². The molecule has 0 aliphatic carbocycles. The molecule has 1 saturated heterocycles. The topological polar surface area (TPSA) is 45.2 Å². The van der Waals surface area contributed by atoms with Gasteiger partial charge in [0.05, 0.1) is 0 Å². The second-order valence-electron chi connectivity index (χ2n) is 4.31. The molecule has 0 saturated carbocycles. The fourth-order valence-electron chi connectivity index (χ4n) is 1.94. The van der Waals surface area contributed by atoms with E-state index in [1.54, 1.807) is 0 Å². The lowest BCUT2D eigenvalue weighted by molar-refractivity contribution is 0.209. The summed E-state index contributed by atoms with van der Waals surface area (Å²) in [5, 5.41) is 7.83. The van der Waals surface area contributed by atoms with Crippen molar-refractivity contribution >= 4 is 29.0 Å². The summed E-state index contributed by atoms with van der Waals surface area (Å²) < 4.78 is 0. The van der Waals surface area contributed by atoms with Crippen LogP contribution >= 0.6 is 23.2 Å². The lowest BCUT2D eigenvalue weighted by Gasteiger charge is -2.37. The maximum Gasteiger partial charge on any atom is 0.245 e. The fourth-order valence-corrected chi connectivity index (χ4v) is 2.25. The molecule has 0 aromatic carbocycles. The van der Waals surface area contributed by atoms with Crippen molar-refractivity contribution in [2.75, 3.05) is 31.1 Å². The molecule has 1 fully saturated rings. The fraction of sp³-hybridized carbons (Fsp3) is 0.700.